The fraction of sp³-hybridized carbons (Fsp3) is 0.0435. The molecule has 2 N–H and O–H groups in total. The van der Waals surface area contributed by atoms with E-state index in [-0.39, 0.29) is 0 Å². The van der Waals surface area contributed by atoms with Gasteiger partial charge in [-0.05, 0) is 59.7 Å². The predicted octanol–water partition coefficient (Wildman–Crippen LogP) is 5.79. The minimum Gasteiger partial charge on any atom is -0.463 e. The third kappa shape index (κ3) is 3.96. The molecule has 0 aliphatic carbocycles. The maximum atomic E-state index is 12.9. The zero-order valence-corrected chi connectivity index (χ0v) is 15.5. The number of furan rings is 1. The van der Waals surface area contributed by atoms with E-state index < -0.39 is 17.6 Å². The summed E-state index contributed by atoms with van der Waals surface area (Å²) in [5.74, 6) is -0.00300. The molecular weight excluding hydrogens is 393 g/mol. The lowest BCUT2D eigenvalue weighted by Crippen LogP contribution is -2.10. The number of nitrogens with two attached hydrogens (primary N) is 1. The van der Waals surface area contributed by atoms with Gasteiger partial charge in [-0.2, -0.15) is 13.2 Å². The molecule has 2 heterocycles. The summed E-state index contributed by atoms with van der Waals surface area (Å²) in [6.07, 6.45) is -2.89. The third-order valence-corrected chi connectivity index (χ3v) is 4.61. The van der Waals surface area contributed by atoms with Crippen molar-refractivity contribution in [2.45, 2.75) is 6.18 Å². The molecule has 2 aromatic carbocycles. The highest BCUT2D eigenvalue weighted by Gasteiger charge is 2.30. The topological polar surface area (TPSA) is 69.1 Å². The zero-order chi connectivity index (χ0) is 21.3. The standard InChI is InChI=1S/C23H15F3N2O2/c24-23(25,26)18-9-7-15(8-10-18)19-12-17(13-20(28-19)21-2-1-11-30-21)14-3-5-16(6-4-14)22(27)29/h1-13H,(H2,27,29). The van der Waals surface area contributed by atoms with E-state index in [2.05, 4.69) is 4.98 Å². The van der Waals surface area contributed by atoms with Crippen molar-refractivity contribution >= 4 is 5.91 Å². The van der Waals surface area contributed by atoms with Gasteiger partial charge in [0.1, 0.15) is 5.69 Å². The average molecular weight is 408 g/mol. The predicted molar refractivity (Wildman–Crippen MR) is 106 cm³/mol. The van der Waals surface area contributed by atoms with Crippen molar-refractivity contribution in [3.8, 4) is 33.8 Å². The Balaban J connectivity index is 1.81. The van der Waals surface area contributed by atoms with Crippen LogP contribution in [0.2, 0.25) is 0 Å². The number of halogens is 3. The Morgan fingerprint density at radius 2 is 1.47 bits per heavy atom. The molecule has 7 heteroatoms. The van der Waals surface area contributed by atoms with Crippen molar-refractivity contribution in [1.82, 2.24) is 4.98 Å². The zero-order valence-electron chi connectivity index (χ0n) is 15.5. The normalized spacial score (nSPS) is 11.4. The molecule has 1 amide bonds. The van der Waals surface area contributed by atoms with Crippen molar-refractivity contribution in [1.29, 1.82) is 0 Å². The summed E-state index contributed by atoms with van der Waals surface area (Å²) in [4.78, 5) is 15.9. The van der Waals surface area contributed by atoms with Crippen molar-refractivity contribution in [3.05, 3.63) is 90.2 Å². The lowest BCUT2D eigenvalue weighted by molar-refractivity contribution is -0.137. The van der Waals surface area contributed by atoms with Gasteiger partial charge in [0.2, 0.25) is 5.91 Å². The number of pyridine rings is 1. The Kier molecular flexibility index (Phi) is 4.87. The summed E-state index contributed by atoms with van der Waals surface area (Å²) < 4.78 is 44.1. The molecule has 0 fully saturated rings. The first-order chi connectivity index (χ1) is 14.3. The maximum absolute atomic E-state index is 12.9. The minimum atomic E-state index is -4.41. The molecule has 2 aromatic heterocycles. The number of carbonyl (C=O) groups is 1. The van der Waals surface area contributed by atoms with Crippen molar-refractivity contribution in [2.24, 2.45) is 5.73 Å². The number of alkyl halides is 3. The van der Waals surface area contributed by atoms with Crippen LogP contribution in [-0.2, 0) is 6.18 Å². The molecule has 0 aliphatic rings. The second-order valence-corrected chi connectivity index (χ2v) is 6.62. The van der Waals surface area contributed by atoms with Crippen LogP contribution in [0.15, 0.2) is 83.5 Å². The molecule has 4 aromatic rings. The van der Waals surface area contributed by atoms with Gasteiger partial charge < -0.3 is 10.2 Å². The molecule has 30 heavy (non-hydrogen) atoms. The highest BCUT2D eigenvalue weighted by atomic mass is 19.4. The van der Waals surface area contributed by atoms with Crippen LogP contribution in [0.5, 0.6) is 0 Å². The largest absolute Gasteiger partial charge is 0.463 e. The molecule has 0 unspecified atom stereocenters. The van der Waals surface area contributed by atoms with Crippen molar-refractivity contribution in [2.75, 3.05) is 0 Å². The van der Waals surface area contributed by atoms with Crippen LogP contribution in [0.1, 0.15) is 15.9 Å². The van der Waals surface area contributed by atoms with Crippen LogP contribution in [0.25, 0.3) is 33.8 Å². The number of amides is 1. The summed E-state index contributed by atoms with van der Waals surface area (Å²) in [6.45, 7) is 0. The van der Waals surface area contributed by atoms with Crippen molar-refractivity contribution in [3.63, 3.8) is 0 Å². The fourth-order valence-electron chi connectivity index (χ4n) is 3.05. The van der Waals surface area contributed by atoms with E-state index in [1.54, 1.807) is 42.5 Å². The summed E-state index contributed by atoms with van der Waals surface area (Å²) in [7, 11) is 0. The number of hydrogen-bond donors (Lipinski definition) is 1. The quantitative estimate of drug-likeness (QED) is 0.464. The first kappa shape index (κ1) is 19.4. The summed E-state index contributed by atoms with van der Waals surface area (Å²) in [6, 6.07) is 18.6. The van der Waals surface area contributed by atoms with Gasteiger partial charge in [0, 0.05) is 11.1 Å². The maximum Gasteiger partial charge on any atom is 0.416 e. The molecule has 0 bridgehead atoms. The van der Waals surface area contributed by atoms with Crippen LogP contribution in [0.4, 0.5) is 13.2 Å². The van der Waals surface area contributed by atoms with Crippen LogP contribution in [0, 0.1) is 0 Å². The second-order valence-electron chi connectivity index (χ2n) is 6.62. The summed E-state index contributed by atoms with van der Waals surface area (Å²) in [5.41, 5.74) is 8.06. The summed E-state index contributed by atoms with van der Waals surface area (Å²) in [5, 5.41) is 0. The number of hydrogen-bond acceptors (Lipinski definition) is 3. The minimum absolute atomic E-state index is 0.377. The van der Waals surface area contributed by atoms with E-state index >= 15 is 0 Å². The van der Waals surface area contributed by atoms with Gasteiger partial charge in [-0.3, -0.25) is 4.79 Å². The summed E-state index contributed by atoms with van der Waals surface area (Å²) >= 11 is 0. The number of carbonyl (C=O) groups excluding carboxylic acids is 1. The Morgan fingerprint density at radius 1 is 0.833 bits per heavy atom. The first-order valence-electron chi connectivity index (χ1n) is 8.95. The lowest BCUT2D eigenvalue weighted by atomic mass is 10.00. The molecule has 4 nitrogen and oxygen atoms in total. The smallest absolute Gasteiger partial charge is 0.416 e. The number of benzene rings is 2. The van der Waals surface area contributed by atoms with Crippen molar-refractivity contribution < 1.29 is 22.4 Å². The van der Waals surface area contributed by atoms with Crippen LogP contribution < -0.4 is 5.73 Å². The number of nitrogens with zero attached hydrogens (tertiary/aromatic N) is 1. The van der Waals surface area contributed by atoms with E-state index in [0.29, 0.717) is 28.3 Å². The molecule has 4 rings (SSSR count). The van der Waals surface area contributed by atoms with Gasteiger partial charge in [0.05, 0.1) is 17.5 Å². The van der Waals surface area contributed by atoms with Gasteiger partial charge >= 0.3 is 6.18 Å². The number of aromatic nitrogens is 1. The molecule has 0 radical (unpaired) electrons. The van der Waals surface area contributed by atoms with Gasteiger partial charge in [-0.25, -0.2) is 4.98 Å². The van der Waals surface area contributed by atoms with E-state index in [4.69, 9.17) is 10.2 Å². The van der Waals surface area contributed by atoms with Crippen LogP contribution >= 0.6 is 0 Å². The Labute approximate surface area is 169 Å². The second kappa shape index (κ2) is 7.51. The van der Waals surface area contributed by atoms with E-state index in [1.165, 1.54) is 18.4 Å². The Hall–Kier alpha value is -3.87. The molecule has 0 atom stereocenters. The van der Waals surface area contributed by atoms with Crippen LogP contribution in [0.3, 0.4) is 0 Å². The Bertz CT molecular complexity index is 1180. The number of rotatable bonds is 4. The first-order valence-corrected chi connectivity index (χ1v) is 8.95. The highest BCUT2D eigenvalue weighted by Crippen LogP contribution is 2.33. The molecule has 150 valence electrons. The highest BCUT2D eigenvalue weighted by molar-refractivity contribution is 5.93. The molecule has 0 aliphatic heterocycles. The van der Waals surface area contributed by atoms with Gasteiger partial charge in [0.15, 0.2) is 5.76 Å². The molecule has 0 saturated heterocycles. The van der Waals surface area contributed by atoms with Crippen LogP contribution in [-0.4, -0.2) is 10.9 Å². The van der Waals surface area contributed by atoms with Gasteiger partial charge in [-0.1, -0.05) is 24.3 Å². The lowest BCUT2D eigenvalue weighted by Gasteiger charge is -2.11. The monoisotopic (exact) mass is 408 g/mol. The SMILES string of the molecule is NC(=O)c1ccc(-c2cc(-c3ccc(C(F)(F)F)cc3)nc(-c3ccco3)c2)cc1. The average Bonchev–Trinajstić information content (AvgIpc) is 3.28. The van der Waals surface area contributed by atoms with E-state index in [9.17, 15) is 18.0 Å². The molecule has 0 saturated carbocycles. The molecule has 0 spiro atoms. The van der Waals surface area contributed by atoms with Gasteiger partial charge in [0.25, 0.3) is 0 Å². The third-order valence-electron chi connectivity index (χ3n) is 4.61. The molecular formula is C23H15F3N2O2. The Morgan fingerprint density at radius 3 is 2.03 bits per heavy atom. The van der Waals surface area contributed by atoms with Gasteiger partial charge in [-0.15, -0.1) is 0 Å². The number of primary amides is 1. The van der Waals surface area contributed by atoms with E-state index in [1.807, 2.05) is 6.07 Å². The van der Waals surface area contributed by atoms with E-state index in [0.717, 1.165) is 23.3 Å². The fourth-order valence-corrected chi connectivity index (χ4v) is 3.05.